The number of hydrogen-bond acceptors (Lipinski definition) is 4. The van der Waals surface area contributed by atoms with Crippen molar-refractivity contribution in [3.05, 3.63) is 46.8 Å². The highest BCUT2D eigenvalue weighted by atomic mass is 19.4. The van der Waals surface area contributed by atoms with E-state index in [1.165, 1.54) is 6.07 Å². The molecule has 10 heteroatoms. The molecule has 0 bridgehead atoms. The van der Waals surface area contributed by atoms with Crippen LogP contribution in [-0.4, -0.2) is 32.3 Å². The fraction of sp³-hybridized carbons (Fsp3) is 0.542. The van der Waals surface area contributed by atoms with Gasteiger partial charge in [0.2, 0.25) is 0 Å². The van der Waals surface area contributed by atoms with E-state index in [2.05, 4.69) is 10.4 Å². The summed E-state index contributed by atoms with van der Waals surface area (Å²) in [7, 11) is 0. The van der Waals surface area contributed by atoms with E-state index in [4.69, 9.17) is 4.74 Å². The number of alkyl halides is 3. The molecule has 1 aliphatic heterocycles. The number of fused-ring (bicyclic) bond motifs is 1. The SMILES string of the molecule is CC(C)(C)OC(=O)N1Cc2cnn(C(C)(C)C(=O)Nc3ccc(C(F)(F)F)cc3C3CC3)c2C1. The number of halogens is 3. The number of carbonyl (C=O) groups is 2. The van der Waals surface area contributed by atoms with Crippen LogP contribution in [-0.2, 0) is 34.3 Å². The van der Waals surface area contributed by atoms with Crippen LogP contribution < -0.4 is 5.32 Å². The van der Waals surface area contributed by atoms with Gasteiger partial charge in [0.25, 0.3) is 5.91 Å². The van der Waals surface area contributed by atoms with E-state index in [1.54, 1.807) is 50.4 Å². The summed E-state index contributed by atoms with van der Waals surface area (Å²) in [5.41, 5.74) is -0.0768. The Labute approximate surface area is 196 Å². The molecular weight excluding hydrogens is 449 g/mol. The van der Waals surface area contributed by atoms with E-state index in [-0.39, 0.29) is 12.5 Å². The topological polar surface area (TPSA) is 76.5 Å². The van der Waals surface area contributed by atoms with Gasteiger partial charge in [-0.3, -0.25) is 14.4 Å². The molecule has 2 aromatic rings. The zero-order valence-electron chi connectivity index (χ0n) is 19.9. The van der Waals surface area contributed by atoms with Gasteiger partial charge >= 0.3 is 12.3 Å². The molecule has 0 unspecified atom stereocenters. The van der Waals surface area contributed by atoms with Crippen molar-refractivity contribution in [1.29, 1.82) is 0 Å². The van der Waals surface area contributed by atoms with Crippen LogP contribution in [0.3, 0.4) is 0 Å². The van der Waals surface area contributed by atoms with Gasteiger partial charge in [0.15, 0.2) is 0 Å². The second-order valence-electron chi connectivity index (χ2n) is 10.5. The van der Waals surface area contributed by atoms with Crippen LogP contribution in [0.1, 0.15) is 75.8 Å². The number of carbonyl (C=O) groups excluding carboxylic acids is 2. The highest BCUT2D eigenvalue weighted by molar-refractivity contribution is 5.97. The molecule has 7 nitrogen and oxygen atoms in total. The first-order chi connectivity index (χ1) is 15.7. The number of rotatable bonds is 4. The van der Waals surface area contributed by atoms with Crippen LogP contribution >= 0.6 is 0 Å². The van der Waals surface area contributed by atoms with Crippen molar-refractivity contribution in [3.8, 4) is 0 Å². The Balaban J connectivity index is 1.54. The molecule has 0 radical (unpaired) electrons. The molecule has 1 fully saturated rings. The molecule has 2 amide bonds. The quantitative estimate of drug-likeness (QED) is 0.638. The molecule has 2 heterocycles. The lowest BCUT2D eigenvalue weighted by Gasteiger charge is -2.28. The lowest BCUT2D eigenvalue weighted by atomic mass is 10.0. The average Bonchev–Trinajstić information content (AvgIpc) is 3.33. The summed E-state index contributed by atoms with van der Waals surface area (Å²) in [5, 5.41) is 7.21. The van der Waals surface area contributed by atoms with E-state index in [9.17, 15) is 22.8 Å². The minimum absolute atomic E-state index is 0.0112. The van der Waals surface area contributed by atoms with Crippen molar-refractivity contribution < 1.29 is 27.5 Å². The molecule has 4 rings (SSSR count). The maximum Gasteiger partial charge on any atom is 0.416 e. The van der Waals surface area contributed by atoms with E-state index in [1.807, 2.05) is 0 Å². The standard InChI is InChI=1S/C24H29F3N4O3/c1-22(2,3)34-21(33)30-12-15-11-28-31(19(15)13-30)23(4,5)20(32)29-18-9-8-16(24(25,26)27)10-17(18)14-6-7-14/h8-11,14H,6-7,12-13H2,1-5H3,(H,29,32). The lowest BCUT2D eigenvalue weighted by molar-refractivity contribution is -0.137. The molecule has 2 aliphatic rings. The van der Waals surface area contributed by atoms with Gasteiger partial charge in [-0.25, -0.2) is 4.79 Å². The first-order valence-corrected chi connectivity index (χ1v) is 11.2. The minimum atomic E-state index is -4.44. The summed E-state index contributed by atoms with van der Waals surface area (Å²) >= 11 is 0. The normalized spacial score (nSPS) is 16.4. The third-order valence-corrected chi connectivity index (χ3v) is 6.04. The second kappa shape index (κ2) is 8.02. The minimum Gasteiger partial charge on any atom is -0.444 e. The second-order valence-corrected chi connectivity index (χ2v) is 10.5. The van der Waals surface area contributed by atoms with Crippen molar-refractivity contribution in [2.75, 3.05) is 5.32 Å². The fourth-order valence-corrected chi connectivity index (χ4v) is 4.04. The van der Waals surface area contributed by atoms with Gasteiger partial charge in [-0.05, 0) is 77.1 Å². The molecule has 1 N–H and O–H groups in total. The molecule has 1 saturated carbocycles. The van der Waals surface area contributed by atoms with E-state index >= 15 is 0 Å². The molecule has 0 saturated heterocycles. The van der Waals surface area contributed by atoms with Gasteiger partial charge in [-0.15, -0.1) is 0 Å². The molecule has 1 aromatic heterocycles. The number of anilines is 1. The molecule has 1 aliphatic carbocycles. The van der Waals surface area contributed by atoms with Crippen LogP contribution in [0.5, 0.6) is 0 Å². The lowest BCUT2D eigenvalue weighted by Crippen LogP contribution is -2.42. The number of nitrogens with one attached hydrogen (secondary N) is 1. The van der Waals surface area contributed by atoms with Crippen molar-refractivity contribution in [3.63, 3.8) is 0 Å². The Morgan fingerprint density at radius 1 is 1.09 bits per heavy atom. The Hall–Kier alpha value is -3.04. The van der Waals surface area contributed by atoms with Gasteiger partial charge in [0, 0.05) is 11.3 Å². The smallest absolute Gasteiger partial charge is 0.416 e. The number of ether oxygens (including phenoxy) is 1. The highest BCUT2D eigenvalue weighted by Crippen LogP contribution is 2.45. The van der Waals surface area contributed by atoms with Crippen molar-refractivity contribution in [1.82, 2.24) is 14.7 Å². The number of amides is 2. The number of benzene rings is 1. The monoisotopic (exact) mass is 478 g/mol. The Kier molecular flexibility index (Phi) is 5.69. The Morgan fingerprint density at radius 2 is 1.76 bits per heavy atom. The highest BCUT2D eigenvalue weighted by Gasteiger charge is 2.39. The van der Waals surface area contributed by atoms with Crippen LogP contribution in [0, 0.1) is 0 Å². The zero-order chi connectivity index (χ0) is 25.1. The third kappa shape index (κ3) is 4.76. The van der Waals surface area contributed by atoms with E-state index in [0.717, 1.165) is 36.2 Å². The summed E-state index contributed by atoms with van der Waals surface area (Å²) in [4.78, 5) is 27.3. The predicted molar refractivity (Wildman–Crippen MR) is 119 cm³/mol. The molecule has 184 valence electrons. The van der Waals surface area contributed by atoms with Crippen LogP contribution in [0.25, 0.3) is 0 Å². The number of aromatic nitrogens is 2. The van der Waals surface area contributed by atoms with E-state index in [0.29, 0.717) is 17.8 Å². The van der Waals surface area contributed by atoms with Gasteiger partial charge < -0.3 is 10.1 Å². The zero-order valence-corrected chi connectivity index (χ0v) is 19.9. The number of nitrogens with zero attached hydrogens (tertiary/aromatic N) is 3. The van der Waals surface area contributed by atoms with Crippen LogP contribution in [0.15, 0.2) is 24.4 Å². The van der Waals surface area contributed by atoms with Crippen LogP contribution in [0.4, 0.5) is 23.7 Å². The molecule has 1 aromatic carbocycles. The molecule has 34 heavy (non-hydrogen) atoms. The van der Waals surface area contributed by atoms with Gasteiger partial charge in [-0.2, -0.15) is 18.3 Å². The molecule has 0 spiro atoms. The number of hydrogen-bond donors (Lipinski definition) is 1. The Morgan fingerprint density at radius 3 is 2.35 bits per heavy atom. The fourth-order valence-electron chi connectivity index (χ4n) is 4.04. The van der Waals surface area contributed by atoms with Crippen molar-refractivity contribution >= 4 is 17.7 Å². The summed E-state index contributed by atoms with van der Waals surface area (Å²) in [5.74, 6) is -0.396. The maximum absolute atomic E-state index is 13.3. The van der Waals surface area contributed by atoms with E-state index < -0.39 is 34.9 Å². The largest absolute Gasteiger partial charge is 0.444 e. The summed E-state index contributed by atoms with van der Waals surface area (Å²) in [6.45, 7) is 9.32. The maximum atomic E-state index is 13.3. The molecular formula is C24H29F3N4O3. The predicted octanol–water partition coefficient (Wildman–Crippen LogP) is 5.40. The summed E-state index contributed by atoms with van der Waals surface area (Å²) in [6, 6.07) is 3.44. The first-order valence-electron chi connectivity index (χ1n) is 11.2. The van der Waals surface area contributed by atoms with Crippen molar-refractivity contribution in [2.24, 2.45) is 0 Å². The van der Waals surface area contributed by atoms with Crippen LogP contribution in [0.2, 0.25) is 0 Å². The first kappa shape index (κ1) is 24.1. The van der Waals surface area contributed by atoms with Gasteiger partial charge in [-0.1, -0.05) is 0 Å². The Bertz CT molecular complexity index is 1130. The van der Waals surface area contributed by atoms with Crippen molar-refractivity contribution in [2.45, 2.75) is 83.8 Å². The van der Waals surface area contributed by atoms with Gasteiger partial charge in [0.1, 0.15) is 11.1 Å². The molecule has 0 atom stereocenters. The van der Waals surface area contributed by atoms with Gasteiger partial charge in [0.05, 0.1) is 30.5 Å². The summed E-state index contributed by atoms with van der Waals surface area (Å²) < 4.78 is 46.6. The summed E-state index contributed by atoms with van der Waals surface area (Å²) in [6.07, 6.45) is -1.68. The third-order valence-electron chi connectivity index (χ3n) is 6.04. The average molecular weight is 479 g/mol.